The van der Waals surface area contributed by atoms with Crippen molar-refractivity contribution in [1.82, 2.24) is 4.31 Å². The quantitative estimate of drug-likeness (QED) is 0.815. The molecule has 1 unspecified atom stereocenters. The lowest BCUT2D eigenvalue weighted by Gasteiger charge is -2.25. The number of rotatable bonds is 5. The van der Waals surface area contributed by atoms with Crippen LogP contribution in [0.15, 0.2) is 11.0 Å². The average molecular weight is 330 g/mol. The van der Waals surface area contributed by atoms with E-state index in [9.17, 15) is 8.42 Å². The average Bonchev–Trinajstić information content (AvgIpc) is 2.56. The molecule has 0 bridgehead atoms. The molecule has 0 N–H and O–H groups in total. The highest BCUT2D eigenvalue weighted by atomic mass is 35.5. The fraction of sp³-hybridized carbons (Fsp3) is 0.636. The first kappa shape index (κ1) is 16.2. The van der Waals surface area contributed by atoms with Gasteiger partial charge in [0.05, 0.1) is 4.34 Å². The van der Waals surface area contributed by atoms with Crippen molar-refractivity contribution >= 4 is 44.6 Å². The van der Waals surface area contributed by atoms with Gasteiger partial charge in [-0.25, -0.2) is 8.42 Å². The SMILES string of the molecule is CC(C)CC(C)N(C)S(=O)(=O)c1cc(Cl)sc1Cl. The molecule has 0 saturated carbocycles. The zero-order valence-corrected chi connectivity index (χ0v) is 13.9. The fourth-order valence-corrected chi connectivity index (χ4v) is 5.21. The number of nitrogens with zero attached hydrogens (tertiary/aromatic N) is 1. The van der Waals surface area contributed by atoms with E-state index in [1.807, 2.05) is 6.92 Å². The Morgan fingerprint density at radius 3 is 2.28 bits per heavy atom. The van der Waals surface area contributed by atoms with E-state index in [0.717, 1.165) is 17.8 Å². The van der Waals surface area contributed by atoms with E-state index in [1.165, 1.54) is 10.4 Å². The van der Waals surface area contributed by atoms with Crippen molar-refractivity contribution in [2.24, 2.45) is 5.92 Å². The molecule has 0 fully saturated rings. The van der Waals surface area contributed by atoms with Crippen molar-refractivity contribution in [2.75, 3.05) is 7.05 Å². The Labute approximate surface area is 123 Å². The molecule has 1 rings (SSSR count). The van der Waals surface area contributed by atoms with Crippen LogP contribution < -0.4 is 0 Å². The van der Waals surface area contributed by atoms with Gasteiger partial charge in [-0.15, -0.1) is 11.3 Å². The van der Waals surface area contributed by atoms with Crippen LogP contribution in [0.4, 0.5) is 0 Å². The largest absolute Gasteiger partial charge is 0.245 e. The summed E-state index contributed by atoms with van der Waals surface area (Å²) in [6.45, 7) is 6.01. The summed E-state index contributed by atoms with van der Waals surface area (Å²) >= 11 is 12.8. The third-order valence-corrected chi connectivity index (χ3v) is 6.44. The molecule has 0 aliphatic carbocycles. The highest BCUT2D eigenvalue weighted by Crippen LogP contribution is 2.36. The Bertz CT molecular complexity index is 511. The smallest absolute Gasteiger partial charge is 0.207 e. The van der Waals surface area contributed by atoms with E-state index in [1.54, 1.807) is 7.05 Å². The zero-order chi connectivity index (χ0) is 14.1. The highest BCUT2D eigenvalue weighted by molar-refractivity contribution is 7.89. The Kier molecular flexibility index (Phi) is 5.50. The molecule has 0 spiro atoms. The third kappa shape index (κ3) is 3.61. The molecule has 7 heteroatoms. The molecule has 0 radical (unpaired) electrons. The molecule has 0 aliphatic heterocycles. The molecule has 1 heterocycles. The first-order valence-corrected chi connectivity index (χ1v) is 8.60. The molecule has 0 aliphatic rings. The van der Waals surface area contributed by atoms with Gasteiger partial charge in [-0.3, -0.25) is 0 Å². The minimum Gasteiger partial charge on any atom is -0.207 e. The molecular formula is C11H17Cl2NO2S2. The summed E-state index contributed by atoms with van der Waals surface area (Å²) in [6, 6.07) is 1.33. The summed E-state index contributed by atoms with van der Waals surface area (Å²) < 4.78 is 26.7. The maximum Gasteiger partial charge on any atom is 0.245 e. The predicted molar refractivity (Wildman–Crippen MR) is 78.2 cm³/mol. The standard InChI is InChI=1S/C11H17Cl2NO2S2/c1-7(2)5-8(3)14(4)18(15,16)9-6-10(12)17-11(9)13/h6-8H,5H2,1-4H3. The molecule has 18 heavy (non-hydrogen) atoms. The van der Waals surface area contributed by atoms with E-state index in [0.29, 0.717) is 10.3 Å². The molecule has 0 aromatic carbocycles. The van der Waals surface area contributed by atoms with Crippen LogP contribution >= 0.6 is 34.5 Å². The zero-order valence-electron chi connectivity index (χ0n) is 10.8. The van der Waals surface area contributed by atoms with Crippen LogP contribution in [0, 0.1) is 5.92 Å². The van der Waals surface area contributed by atoms with Crippen molar-refractivity contribution in [3.8, 4) is 0 Å². The second-order valence-corrected chi connectivity index (χ2v) is 8.94. The van der Waals surface area contributed by atoms with Crippen LogP contribution in [-0.2, 0) is 10.0 Å². The normalized spacial score (nSPS) is 14.4. The lowest BCUT2D eigenvalue weighted by molar-refractivity contribution is 0.338. The van der Waals surface area contributed by atoms with Gasteiger partial charge in [0, 0.05) is 13.1 Å². The van der Waals surface area contributed by atoms with Crippen molar-refractivity contribution in [3.63, 3.8) is 0 Å². The first-order chi connectivity index (χ1) is 8.16. The van der Waals surface area contributed by atoms with Crippen LogP contribution in [0.25, 0.3) is 0 Å². The van der Waals surface area contributed by atoms with Gasteiger partial charge in [0.2, 0.25) is 10.0 Å². The maximum atomic E-state index is 12.4. The van der Waals surface area contributed by atoms with Gasteiger partial charge in [0.15, 0.2) is 0 Å². The van der Waals surface area contributed by atoms with Gasteiger partial charge in [-0.05, 0) is 25.3 Å². The Hall–Kier alpha value is 0.190. The summed E-state index contributed by atoms with van der Waals surface area (Å²) in [5.74, 6) is 0.430. The van der Waals surface area contributed by atoms with Gasteiger partial charge < -0.3 is 0 Å². The van der Waals surface area contributed by atoms with E-state index >= 15 is 0 Å². The van der Waals surface area contributed by atoms with E-state index in [-0.39, 0.29) is 15.3 Å². The summed E-state index contributed by atoms with van der Waals surface area (Å²) in [5, 5.41) is 0. The number of hydrogen-bond acceptors (Lipinski definition) is 3. The predicted octanol–water partition coefficient (Wildman–Crippen LogP) is 4.11. The van der Waals surface area contributed by atoms with E-state index < -0.39 is 10.0 Å². The number of hydrogen-bond donors (Lipinski definition) is 0. The minimum atomic E-state index is -3.57. The van der Waals surface area contributed by atoms with Gasteiger partial charge in [0.1, 0.15) is 9.23 Å². The second kappa shape index (κ2) is 6.09. The molecule has 3 nitrogen and oxygen atoms in total. The Balaban J connectivity index is 3.03. The molecular weight excluding hydrogens is 313 g/mol. The van der Waals surface area contributed by atoms with Gasteiger partial charge >= 0.3 is 0 Å². The number of sulfonamides is 1. The number of thiophene rings is 1. The molecule has 1 aromatic heterocycles. The summed E-state index contributed by atoms with van der Waals surface area (Å²) in [5.41, 5.74) is 0. The number of halogens is 2. The van der Waals surface area contributed by atoms with Crippen molar-refractivity contribution in [3.05, 3.63) is 14.7 Å². The van der Waals surface area contributed by atoms with Gasteiger partial charge in [-0.1, -0.05) is 37.0 Å². The summed E-state index contributed by atoms with van der Waals surface area (Å²) in [6.07, 6.45) is 0.797. The van der Waals surface area contributed by atoms with Crippen molar-refractivity contribution in [1.29, 1.82) is 0 Å². The molecule has 0 saturated heterocycles. The molecule has 1 atom stereocenters. The van der Waals surface area contributed by atoms with Crippen molar-refractivity contribution in [2.45, 2.75) is 38.1 Å². The summed E-state index contributed by atoms with van der Waals surface area (Å²) in [7, 11) is -1.99. The second-order valence-electron chi connectivity index (χ2n) is 4.69. The topological polar surface area (TPSA) is 37.4 Å². The lowest BCUT2D eigenvalue weighted by atomic mass is 10.1. The molecule has 104 valence electrons. The van der Waals surface area contributed by atoms with Gasteiger partial charge in [-0.2, -0.15) is 4.31 Å². The van der Waals surface area contributed by atoms with Crippen LogP contribution in [0.5, 0.6) is 0 Å². The molecule has 1 aromatic rings. The minimum absolute atomic E-state index is 0.0789. The fourth-order valence-electron chi connectivity index (χ4n) is 1.72. The third-order valence-electron chi connectivity index (χ3n) is 2.72. The Morgan fingerprint density at radius 2 is 1.89 bits per heavy atom. The van der Waals surface area contributed by atoms with Crippen LogP contribution in [0.2, 0.25) is 8.67 Å². The molecule has 0 amide bonds. The lowest BCUT2D eigenvalue weighted by Crippen LogP contribution is -2.35. The van der Waals surface area contributed by atoms with E-state index in [4.69, 9.17) is 23.2 Å². The Morgan fingerprint density at radius 1 is 1.33 bits per heavy atom. The highest BCUT2D eigenvalue weighted by Gasteiger charge is 2.29. The van der Waals surface area contributed by atoms with Gasteiger partial charge in [0.25, 0.3) is 0 Å². The first-order valence-electron chi connectivity index (χ1n) is 5.59. The summed E-state index contributed by atoms with van der Waals surface area (Å²) in [4.78, 5) is 0.0947. The van der Waals surface area contributed by atoms with Crippen LogP contribution in [0.3, 0.4) is 0 Å². The van der Waals surface area contributed by atoms with Crippen LogP contribution in [0.1, 0.15) is 27.2 Å². The van der Waals surface area contributed by atoms with Crippen LogP contribution in [-0.4, -0.2) is 25.8 Å². The van der Waals surface area contributed by atoms with Crippen molar-refractivity contribution < 1.29 is 8.42 Å². The maximum absolute atomic E-state index is 12.4. The monoisotopic (exact) mass is 329 g/mol. The van der Waals surface area contributed by atoms with E-state index in [2.05, 4.69) is 13.8 Å².